The number of nitrogens with zero attached hydrogens (tertiary/aromatic N) is 1. The highest BCUT2D eigenvalue weighted by Gasteiger charge is 2.41. The average Bonchev–Trinajstić information content (AvgIpc) is 3.44. The molecule has 1 amide bonds. The second-order valence-corrected chi connectivity index (χ2v) is 8.76. The molecule has 3 aromatic rings. The van der Waals surface area contributed by atoms with Gasteiger partial charge in [0.1, 0.15) is 12.4 Å². The Morgan fingerprint density at radius 3 is 2.12 bits per heavy atom. The van der Waals surface area contributed by atoms with Crippen LogP contribution < -0.4 is 4.74 Å². The SMILES string of the molecule is CCOc1ccc([C@@H]2CN(C(=O)OCC3c4ccccc4-c4ccccc43)C[C@H]2C(=O)O)cc1. The third kappa shape index (κ3) is 4.00. The maximum atomic E-state index is 13.0. The maximum absolute atomic E-state index is 13.0. The third-order valence-corrected chi connectivity index (χ3v) is 6.85. The standard InChI is InChI=1S/C28H27NO5/c1-2-33-19-13-11-18(12-14-19)24-15-29(16-25(24)27(30)31)28(32)34-17-26-22-9-5-3-7-20(22)21-8-4-6-10-23(21)26/h3-14,24-26H,2,15-17H2,1H3,(H,30,31)/t24-,25+/m0/s1. The van der Waals surface area contributed by atoms with Crippen molar-refractivity contribution in [2.45, 2.75) is 18.8 Å². The van der Waals surface area contributed by atoms with Crippen molar-refractivity contribution in [2.75, 3.05) is 26.3 Å². The lowest BCUT2D eigenvalue weighted by Gasteiger charge is -2.19. The summed E-state index contributed by atoms with van der Waals surface area (Å²) >= 11 is 0. The molecule has 6 heteroatoms. The summed E-state index contributed by atoms with van der Waals surface area (Å²) in [4.78, 5) is 26.5. The Morgan fingerprint density at radius 1 is 0.912 bits per heavy atom. The lowest BCUT2D eigenvalue weighted by Crippen LogP contribution is -2.31. The number of likely N-dealkylation sites (tertiary alicyclic amines) is 1. The van der Waals surface area contributed by atoms with Gasteiger partial charge in [0.2, 0.25) is 0 Å². The summed E-state index contributed by atoms with van der Waals surface area (Å²) in [5.41, 5.74) is 5.51. The Bertz CT molecular complexity index is 1160. The molecule has 0 aromatic heterocycles. The van der Waals surface area contributed by atoms with E-state index in [1.165, 1.54) is 16.0 Å². The van der Waals surface area contributed by atoms with Crippen LogP contribution in [0.25, 0.3) is 11.1 Å². The molecule has 174 valence electrons. The Morgan fingerprint density at radius 2 is 1.53 bits per heavy atom. The average molecular weight is 458 g/mol. The molecular weight excluding hydrogens is 430 g/mol. The van der Waals surface area contributed by atoms with E-state index in [-0.39, 0.29) is 25.0 Å². The van der Waals surface area contributed by atoms with Gasteiger partial charge in [-0.25, -0.2) is 4.79 Å². The molecule has 2 aliphatic rings. The van der Waals surface area contributed by atoms with Crippen molar-refractivity contribution in [3.8, 4) is 16.9 Å². The Kier molecular flexibility index (Phi) is 5.97. The van der Waals surface area contributed by atoms with Crippen LogP contribution in [0.15, 0.2) is 72.8 Å². The normalized spacial score (nSPS) is 18.9. The lowest BCUT2D eigenvalue weighted by molar-refractivity contribution is -0.141. The Hall–Kier alpha value is -3.80. The zero-order valence-corrected chi connectivity index (χ0v) is 19.0. The van der Waals surface area contributed by atoms with Crippen LogP contribution in [0.5, 0.6) is 5.75 Å². The number of hydrogen-bond donors (Lipinski definition) is 1. The van der Waals surface area contributed by atoms with Crippen molar-refractivity contribution in [1.29, 1.82) is 0 Å². The maximum Gasteiger partial charge on any atom is 0.409 e. The number of ether oxygens (including phenoxy) is 2. The van der Waals surface area contributed by atoms with E-state index >= 15 is 0 Å². The van der Waals surface area contributed by atoms with Crippen LogP contribution in [-0.4, -0.2) is 48.4 Å². The van der Waals surface area contributed by atoms with Crippen molar-refractivity contribution in [3.05, 3.63) is 89.5 Å². The van der Waals surface area contributed by atoms with Gasteiger partial charge >= 0.3 is 12.1 Å². The number of hydrogen-bond acceptors (Lipinski definition) is 4. The molecule has 1 aliphatic carbocycles. The van der Waals surface area contributed by atoms with E-state index in [9.17, 15) is 14.7 Å². The van der Waals surface area contributed by atoms with Crippen LogP contribution in [0.1, 0.15) is 35.4 Å². The van der Waals surface area contributed by atoms with Crippen LogP contribution in [0.4, 0.5) is 4.79 Å². The molecule has 0 spiro atoms. The molecule has 0 unspecified atom stereocenters. The van der Waals surface area contributed by atoms with Crippen LogP contribution in [0.2, 0.25) is 0 Å². The molecule has 3 aromatic carbocycles. The predicted octanol–water partition coefficient (Wildman–Crippen LogP) is 5.13. The van der Waals surface area contributed by atoms with Crippen molar-refractivity contribution >= 4 is 12.1 Å². The minimum absolute atomic E-state index is 0.0314. The van der Waals surface area contributed by atoms with E-state index in [0.717, 1.165) is 22.4 Å². The first-order valence-corrected chi connectivity index (χ1v) is 11.6. The monoisotopic (exact) mass is 457 g/mol. The summed E-state index contributed by atoms with van der Waals surface area (Å²) in [6, 6.07) is 23.8. The molecule has 1 aliphatic heterocycles. The van der Waals surface area contributed by atoms with E-state index in [4.69, 9.17) is 9.47 Å². The fourth-order valence-corrected chi connectivity index (χ4v) is 5.20. The molecule has 1 fully saturated rings. The molecular formula is C28H27NO5. The van der Waals surface area contributed by atoms with E-state index < -0.39 is 18.0 Å². The number of carboxylic acid groups (broad SMARTS) is 1. The summed E-state index contributed by atoms with van der Waals surface area (Å²) in [6.45, 7) is 3.13. The van der Waals surface area contributed by atoms with Gasteiger partial charge in [0.15, 0.2) is 0 Å². The zero-order valence-electron chi connectivity index (χ0n) is 19.0. The second kappa shape index (κ2) is 9.21. The minimum atomic E-state index is -0.909. The third-order valence-electron chi connectivity index (χ3n) is 6.85. The molecule has 0 radical (unpaired) electrons. The first-order chi connectivity index (χ1) is 16.6. The fourth-order valence-electron chi connectivity index (χ4n) is 5.20. The summed E-state index contributed by atoms with van der Waals surface area (Å²) in [5, 5.41) is 9.80. The number of benzene rings is 3. The van der Waals surface area contributed by atoms with Gasteiger partial charge in [0.05, 0.1) is 12.5 Å². The topological polar surface area (TPSA) is 76.1 Å². The van der Waals surface area contributed by atoms with E-state index in [1.54, 1.807) is 0 Å². The smallest absolute Gasteiger partial charge is 0.409 e. The zero-order chi connectivity index (χ0) is 23.7. The molecule has 1 heterocycles. The van der Waals surface area contributed by atoms with Gasteiger partial charge in [0, 0.05) is 24.9 Å². The number of carbonyl (C=O) groups excluding carboxylic acids is 1. The largest absolute Gasteiger partial charge is 0.494 e. The summed E-state index contributed by atoms with van der Waals surface area (Å²) in [6.07, 6.45) is -0.471. The summed E-state index contributed by atoms with van der Waals surface area (Å²) in [7, 11) is 0. The minimum Gasteiger partial charge on any atom is -0.494 e. The summed E-state index contributed by atoms with van der Waals surface area (Å²) < 4.78 is 11.2. The number of rotatable bonds is 6. The predicted molar refractivity (Wildman–Crippen MR) is 128 cm³/mol. The fraction of sp³-hybridized carbons (Fsp3) is 0.286. The molecule has 6 nitrogen and oxygen atoms in total. The molecule has 2 atom stereocenters. The highest BCUT2D eigenvalue weighted by molar-refractivity contribution is 5.79. The first-order valence-electron chi connectivity index (χ1n) is 11.6. The molecule has 34 heavy (non-hydrogen) atoms. The van der Waals surface area contributed by atoms with Gasteiger partial charge < -0.3 is 19.5 Å². The van der Waals surface area contributed by atoms with Gasteiger partial charge in [-0.1, -0.05) is 60.7 Å². The van der Waals surface area contributed by atoms with E-state index in [1.807, 2.05) is 55.5 Å². The van der Waals surface area contributed by atoms with Crippen molar-refractivity contribution in [3.63, 3.8) is 0 Å². The number of amides is 1. The van der Waals surface area contributed by atoms with Crippen molar-refractivity contribution in [1.82, 2.24) is 4.90 Å². The summed E-state index contributed by atoms with van der Waals surface area (Å²) in [5.74, 6) is -1.18. The van der Waals surface area contributed by atoms with Crippen LogP contribution >= 0.6 is 0 Å². The van der Waals surface area contributed by atoms with E-state index in [0.29, 0.717) is 13.2 Å². The van der Waals surface area contributed by atoms with Gasteiger partial charge in [0.25, 0.3) is 0 Å². The van der Waals surface area contributed by atoms with Gasteiger partial charge in [-0.05, 0) is 46.9 Å². The highest BCUT2D eigenvalue weighted by Crippen LogP contribution is 2.44. The van der Waals surface area contributed by atoms with Gasteiger partial charge in [-0.2, -0.15) is 0 Å². The molecule has 1 saturated heterocycles. The van der Waals surface area contributed by atoms with Crippen LogP contribution in [0, 0.1) is 5.92 Å². The number of fused-ring (bicyclic) bond motifs is 3. The second-order valence-electron chi connectivity index (χ2n) is 8.76. The first kappa shape index (κ1) is 22.0. The molecule has 5 rings (SSSR count). The number of carboxylic acids is 1. The van der Waals surface area contributed by atoms with Gasteiger partial charge in [-0.15, -0.1) is 0 Å². The number of aliphatic carboxylic acids is 1. The lowest BCUT2D eigenvalue weighted by atomic mass is 9.89. The molecule has 0 bridgehead atoms. The highest BCUT2D eigenvalue weighted by atomic mass is 16.6. The Balaban J connectivity index is 1.29. The number of carbonyl (C=O) groups is 2. The van der Waals surface area contributed by atoms with Crippen molar-refractivity contribution in [2.24, 2.45) is 5.92 Å². The quantitative estimate of drug-likeness (QED) is 0.555. The Labute approximate surface area is 198 Å². The van der Waals surface area contributed by atoms with Crippen LogP contribution in [0.3, 0.4) is 0 Å². The van der Waals surface area contributed by atoms with Gasteiger partial charge in [-0.3, -0.25) is 4.79 Å². The molecule has 0 saturated carbocycles. The molecule has 1 N–H and O–H groups in total. The van der Waals surface area contributed by atoms with E-state index in [2.05, 4.69) is 24.3 Å². The van der Waals surface area contributed by atoms with Crippen molar-refractivity contribution < 1.29 is 24.2 Å². The van der Waals surface area contributed by atoms with Crippen LogP contribution in [-0.2, 0) is 9.53 Å².